The van der Waals surface area contributed by atoms with E-state index < -0.39 is 0 Å². The zero-order valence-corrected chi connectivity index (χ0v) is 12.2. The van der Waals surface area contributed by atoms with Gasteiger partial charge in [0.05, 0.1) is 0 Å². The van der Waals surface area contributed by atoms with E-state index >= 15 is 0 Å². The third kappa shape index (κ3) is 2.42. The monoisotopic (exact) mass is 256 g/mol. The second kappa shape index (κ2) is 5.01. The van der Waals surface area contributed by atoms with Gasteiger partial charge in [-0.3, -0.25) is 0 Å². The molecule has 2 aromatic rings. The predicted molar refractivity (Wildman–Crippen MR) is 81.9 cm³/mol. The van der Waals surface area contributed by atoms with Gasteiger partial charge in [0.2, 0.25) is 0 Å². The van der Waals surface area contributed by atoms with Gasteiger partial charge in [0, 0.05) is 17.1 Å². The fourth-order valence-electron chi connectivity index (χ4n) is 3.18. The van der Waals surface area contributed by atoms with E-state index in [4.69, 9.17) is 0 Å². The number of benzene rings is 1. The van der Waals surface area contributed by atoms with Gasteiger partial charge in [-0.1, -0.05) is 26.0 Å². The summed E-state index contributed by atoms with van der Waals surface area (Å²) in [6.45, 7) is 6.95. The standard InChI is InChI=1S/C17H24N2/c1-12(2)14-4-5-15-16(11-18-17(15)10-14)13-6-8-19(3)9-7-13/h4-5,10-13,18H,6-9H2,1-3H3. The van der Waals surface area contributed by atoms with Crippen LogP contribution in [0.1, 0.15) is 49.7 Å². The Morgan fingerprint density at radius 1 is 1.21 bits per heavy atom. The van der Waals surface area contributed by atoms with Crippen LogP contribution < -0.4 is 0 Å². The van der Waals surface area contributed by atoms with E-state index in [0.29, 0.717) is 5.92 Å². The largest absolute Gasteiger partial charge is 0.361 e. The molecule has 0 saturated carbocycles. The molecule has 1 fully saturated rings. The summed E-state index contributed by atoms with van der Waals surface area (Å²) in [5.41, 5.74) is 4.25. The first kappa shape index (κ1) is 12.7. The molecule has 0 aliphatic carbocycles. The molecule has 19 heavy (non-hydrogen) atoms. The summed E-state index contributed by atoms with van der Waals surface area (Å²) in [4.78, 5) is 5.91. The molecule has 0 spiro atoms. The average molecular weight is 256 g/mol. The van der Waals surface area contributed by atoms with Gasteiger partial charge < -0.3 is 9.88 Å². The Bertz CT molecular complexity index is 560. The Kier molecular flexibility index (Phi) is 3.36. The van der Waals surface area contributed by atoms with Crippen molar-refractivity contribution in [2.75, 3.05) is 20.1 Å². The Hall–Kier alpha value is -1.28. The van der Waals surface area contributed by atoms with Crippen LogP contribution in [0.3, 0.4) is 0 Å². The van der Waals surface area contributed by atoms with Crippen molar-refractivity contribution in [3.8, 4) is 0 Å². The van der Waals surface area contributed by atoms with E-state index in [1.807, 2.05) is 0 Å². The van der Waals surface area contributed by atoms with Crippen LogP contribution in [0.15, 0.2) is 24.4 Å². The maximum atomic E-state index is 3.48. The van der Waals surface area contributed by atoms with Crippen molar-refractivity contribution in [2.24, 2.45) is 0 Å². The molecule has 3 rings (SSSR count). The first-order chi connectivity index (χ1) is 9.15. The minimum atomic E-state index is 0.597. The molecular formula is C17H24N2. The quantitative estimate of drug-likeness (QED) is 0.857. The Balaban J connectivity index is 1.92. The number of hydrogen-bond acceptors (Lipinski definition) is 1. The van der Waals surface area contributed by atoms with E-state index in [-0.39, 0.29) is 0 Å². The Labute approximate surface area is 115 Å². The zero-order valence-electron chi connectivity index (χ0n) is 12.2. The highest BCUT2D eigenvalue weighted by Gasteiger charge is 2.21. The molecule has 2 heteroatoms. The molecule has 0 unspecified atom stereocenters. The van der Waals surface area contributed by atoms with Gasteiger partial charge in [-0.2, -0.15) is 0 Å². The fraction of sp³-hybridized carbons (Fsp3) is 0.529. The molecule has 0 radical (unpaired) electrons. The number of likely N-dealkylation sites (tertiary alicyclic amines) is 1. The summed E-state index contributed by atoms with van der Waals surface area (Å²) in [7, 11) is 2.22. The van der Waals surface area contributed by atoms with Gasteiger partial charge in [-0.15, -0.1) is 0 Å². The van der Waals surface area contributed by atoms with Crippen LogP contribution in [0.5, 0.6) is 0 Å². The number of fused-ring (bicyclic) bond motifs is 1. The van der Waals surface area contributed by atoms with Crippen LogP contribution in [-0.2, 0) is 0 Å². The third-order valence-corrected chi connectivity index (χ3v) is 4.56. The van der Waals surface area contributed by atoms with Gasteiger partial charge in [-0.05, 0) is 62.0 Å². The van der Waals surface area contributed by atoms with E-state index in [0.717, 1.165) is 5.92 Å². The fourth-order valence-corrected chi connectivity index (χ4v) is 3.18. The van der Waals surface area contributed by atoms with Crippen LogP contribution in [0.25, 0.3) is 10.9 Å². The van der Waals surface area contributed by atoms with Crippen LogP contribution in [0.4, 0.5) is 0 Å². The molecule has 0 amide bonds. The van der Waals surface area contributed by atoms with Crippen LogP contribution in [0.2, 0.25) is 0 Å². The molecule has 1 saturated heterocycles. The molecule has 2 nitrogen and oxygen atoms in total. The van der Waals surface area contributed by atoms with Gasteiger partial charge in [0.15, 0.2) is 0 Å². The van der Waals surface area contributed by atoms with Gasteiger partial charge in [0.1, 0.15) is 0 Å². The topological polar surface area (TPSA) is 19.0 Å². The van der Waals surface area contributed by atoms with E-state index in [9.17, 15) is 0 Å². The lowest BCUT2D eigenvalue weighted by molar-refractivity contribution is 0.256. The lowest BCUT2D eigenvalue weighted by Crippen LogP contribution is -2.29. The summed E-state index contributed by atoms with van der Waals surface area (Å²) in [5.74, 6) is 1.33. The smallest absolute Gasteiger partial charge is 0.0459 e. The van der Waals surface area contributed by atoms with Crippen molar-refractivity contribution in [3.63, 3.8) is 0 Å². The van der Waals surface area contributed by atoms with E-state index in [1.165, 1.54) is 48.0 Å². The summed E-state index contributed by atoms with van der Waals surface area (Å²) in [5, 5.41) is 1.43. The van der Waals surface area contributed by atoms with E-state index in [1.54, 1.807) is 0 Å². The first-order valence-corrected chi connectivity index (χ1v) is 7.44. The Morgan fingerprint density at radius 2 is 1.95 bits per heavy atom. The Morgan fingerprint density at radius 3 is 2.63 bits per heavy atom. The average Bonchev–Trinajstić information content (AvgIpc) is 2.82. The highest BCUT2D eigenvalue weighted by molar-refractivity contribution is 5.84. The number of nitrogens with one attached hydrogen (secondary N) is 1. The molecule has 1 aromatic carbocycles. The second-order valence-electron chi connectivity index (χ2n) is 6.28. The number of nitrogens with zero attached hydrogens (tertiary/aromatic N) is 1. The van der Waals surface area contributed by atoms with Gasteiger partial charge >= 0.3 is 0 Å². The molecule has 2 heterocycles. The zero-order chi connectivity index (χ0) is 13.4. The van der Waals surface area contributed by atoms with Crippen molar-refractivity contribution in [3.05, 3.63) is 35.5 Å². The van der Waals surface area contributed by atoms with Crippen LogP contribution >= 0.6 is 0 Å². The number of piperidine rings is 1. The lowest BCUT2D eigenvalue weighted by Gasteiger charge is -2.28. The SMILES string of the molecule is CC(C)c1ccc2c(C3CCN(C)CC3)c[nH]c2c1. The molecule has 1 N–H and O–H groups in total. The summed E-state index contributed by atoms with van der Waals surface area (Å²) < 4.78 is 0. The number of hydrogen-bond donors (Lipinski definition) is 1. The molecule has 102 valence electrons. The van der Waals surface area contributed by atoms with Crippen LogP contribution in [0, 0.1) is 0 Å². The van der Waals surface area contributed by atoms with Crippen molar-refractivity contribution >= 4 is 10.9 Å². The number of H-pyrrole nitrogens is 1. The molecule has 1 aromatic heterocycles. The van der Waals surface area contributed by atoms with E-state index in [2.05, 4.69) is 55.2 Å². The molecular weight excluding hydrogens is 232 g/mol. The van der Waals surface area contributed by atoms with Crippen LogP contribution in [-0.4, -0.2) is 30.0 Å². The normalized spacial score (nSPS) is 18.5. The lowest BCUT2D eigenvalue weighted by atomic mass is 9.89. The van der Waals surface area contributed by atoms with Crippen molar-refractivity contribution in [1.82, 2.24) is 9.88 Å². The maximum absolute atomic E-state index is 3.48. The maximum Gasteiger partial charge on any atom is 0.0459 e. The highest BCUT2D eigenvalue weighted by atomic mass is 15.1. The van der Waals surface area contributed by atoms with Crippen molar-refractivity contribution in [2.45, 2.75) is 38.5 Å². The van der Waals surface area contributed by atoms with Crippen molar-refractivity contribution in [1.29, 1.82) is 0 Å². The van der Waals surface area contributed by atoms with Crippen molar-refractivity contribution < 1.29 is 0 Å². The first-order valence-electron chi connectivity index (χ1n) is 7.44. The summed E-state index contributed by atoms with van der Waals surface area (Å²) in [6.07, 6.45) is 4.82. The number of aromatic amines is 1. The minimum Gasteiger partial charge on any atom is -0.361 e. The number of rotatable bonds is 2. The predicted octanol–water partition coefficient (Wildman–Crippen LogP) is 4.10. The summed E-state index contributed by atoms with van der Waals surface area (Å²) in [6, 6.07) is 6.92. The molecule has 1 aliphatic rings. The highest BCUT2D eigenvalue weighted by Crippen LogP contribution is 2.33. The summed E-state index contributed by atoms with van der Waals surface area (Å²) >= 11 is 0. The molecule has 0 bridgehead atoms. The number of aromatic nitrogens is 1. The molecule has 0 atom stereocenters. The minimum absolute atomic E-state index is 0.597. The van der Waals surface area contributed by atoms with Gasteiger partial charge in [-0.25, -0.2) is 0 Å². The molecule has 1 aliphatic heterocycles. The van der Waals surface area contributed by atoms with Gasteiger partial charge in [0.25, 0.3) is 0 Å². The third-order valence-electron chi connectivity index (χ3n) is 4.56. The second-order valence-corrected chi connectivity index (χ2v) is 6.28.